The van der Waals surface area contributed by atoms with Crippen LogP contribution >= 0.6 is 0 Å². The number of imidazole rings is 1. The highest BCUT2D eigenvalue weighted by atomic mass is 16.2. The molecular formula is C12H17N3O2. The van der Waals surface area contributed by atoms with Gasteiger partial charge in [0.15, 0.2) is 0 Å². The standard InChI is InChI=1S/C12H17N3O2/c1-9(16)3-4-12(17)15-6-5-10-11(7-15)14(2)8-13-10/h8H,3-7H2,1-2H3. The second-order valence-electron chi connectivity index (χ2n) is 4.52. The zero-order valence-electron chi connectivity index (χ0n) is 10.3. The maximum Gasteiger partial charge on any atom is 0.223 e. The molecule has 17 heavy (non-hydrogen) atoms. The summed E-state index contributed by atoms with van der Waals surface area (Å²) >= 11 is 0. The summed E-state index contributed by atoms with van der Waals surface area (Å²) in [6, 6.07) is 0. The molecule has 92 valence electrons. The summed E-state index contributed by atoms with van der Waals surface area (Å²) in [7, 11) is 1.94. The molecular weight excluding hydrogens is 218 g/mol. The predicted octanol–water partition coefficient (Wildman–Crippen LogP) is 0.674. The fourth-order valence-electron chi connectivity index (χ4n) is 2.07. The maximum atomic E-state index is 11.9. The second kappa shape index (κ2) is 4.69. The topological polar surface area (TPSA) is 55.2 Å². The first-order valence-electron chi connectivity index (χ1n) is 5.84. The minimum atomic E-state index is 0.0621. The average Bonchev–Trinajstić information content (AvgIpc) is 2.67. The number of amides is 1. The average molecular weight is 235 g/mol. The zero-order chi connectivity index (χ0) is 12.4. The van der Waals surface area contributed by atoms with Crippen LogP contribution in [0.25, 0.3) is 0 Å². The molecule has 5 nitrogen and oxygen atoms in total. The van der Waals surface area contributed by atoms with Crippen LogP contribution in [-0.4, -0.2) is 32.7 Å². The third-order valence-electron chi connectivity index (χ3n) is 3.15. The molecule has 0 saturated carbocycles. The van der Waals surface area contributed by atoms with E-state index in [1.165, 1.54) is 6.92 Å². The van der Waals surface area contributed by atoms with Gasteiger partial charge in [0.05, 0.1) is 24.3 Å². The number of hydrogen-bond acceptors (Lipinski definition) is 3. The Bertz CT molecular complexity index is 451. The molecule has 0 spiro atoms. The minimum absolute atomic E-state index is 0.0621. The van der Waals surface area contributed by atoms with Crippen molar-refractivity contribution in [2.45, 2.75) is 32.7 Å². The molecule has 0 bridgehead atoms. The third-order valence-corrected chi connectivity index (χ3v) is 3.15. The summed E-state index contributed by atoms with van der Waals surface area (Å²) in [5.41, 5.74) is 2.19. The smallest absolute Gasteiger partial charge is 0.223 e. The normalized spacial score (nSPS) is 14.6. The second-order valence-corrected chi connectivity index (χ2v) is 4.52. The fourth-order valence-corrected chi connectivity index (χ4v) is 2.07. The molecule has 2 heterocycles. The van der Waals surface area contributed by atoms with Gasteiger partial charge in [-0.25, -0.2) is 4.98 Å². The lowest BCUT2D eigenvalue weighted by Gasteiger charge is -2.27. The minimum Gasteiger partial charge on any atom is -0.336 e. The molecule has 1 amide bonds. The summed E-state index contributed by atoms with van der Waals surface area (Å²) in [6.45, 7) is 2.84. The van der Waals surface area contributed by atoms with Crippen LogP contribution in [0.5, 0.6) is 0 Å². The number of ketones is 1. The van der Waals surface area contributed by atoms with Crippen LogP contribution in [0.1, 0.15) is 31.2 Å². The summed E-state index contributed by atoms with van der Waals surface area (Å²) in [6.07, 6.45) is 3.26. The number of Topliss-reactive ketones (excluding diaryl/α,β-unsaturated/α-hetero) is 1. The largest absolute Gasteiger partial charge is 0.336 e. The van der Waals surface area contributed by atoms with Crippen molar-refractivity contribution in [1.29, 1.82) is 0 Å². The van der Waals surface area contributed by atoms with Crippen LogP contribution in [0, 0.1) is 0 Å². The number of rotatable bonds is 3. The van der Waals surface area contributed by atoms with Gasteiger partial charge < -0.3 is 14.3 Å². The highest BCUT2D eigenvalue weighted by molar-refractivity contribution is 5.83. The van der Waals surface area contributed by atoms with Crippen LogP contribution in [-0.2, 0) is 29.6 Å². The van der Waals surface area contributed by atoms with E-state index in [1.54, 1.807) is 6.33 Å². The lowest BCUT2D eigenvalue weighted by Crippen LogP contribution is -2.36. The highest BCUT2D eigenvalue weighted by Crippen LogP contribution is 2.17. The molecule has 0 N–H and O–H groups in total. The lowest BCUT2D eigenvalue weighted by molar-refractivity contribution is -0.133. The number of carbonyl (C=O) groups excluding carboxylic acids is 2. The Morgan fingerprint density at radius 1 is 1.41 bits per heavy atom. The van der Waals surface area contributed by atoms with Gasteiger partial charge in [0.25, 0.3) is 0 Å². The van der Waals surface area contributed by atoms with Crippen molar-refractivity contribution < 1.29 is 9.59 Å². The van der Waals surface area contributed by atoms with E-state index in [4.69, 9.17) is 0 Å². The Kier molecular flexibility index (Phi) is 3.26. The Morgan fingerprint density at radius 2 is 2.18 bits per heavy atom. The lowest BCUT2D eigenvalue weighted by atomic mass is 10.1. The van der Waals surface area contributed by atoms with Crippen LogP contribution < -0.4 is 0 Å². The van der Waals surface area contributed by atoms with E-state index in [1.807, 2.05) is 16.5 Å². The molecule has 1 aliphatic rings. The molecule has 0 aliphatic carbocycles. The van der Waals surface area contributed by atoms with E-state index < -0.39 is 0 Å². The zero-order valence-corrected chi connectivity index (χ0v) is 10.3. The van der Waals surface area contributed by atoms with E-state index in [-0.39, 0.29) is 11.7 Å². The quantitative estimate of drug-likeness (QED) is 0.774. The third kappa shape index (κ3) is 2.54. The van der Waals surface area contributed by atoms with Crippen molar-refractivity contribution >= 4 is 11.7 Å². The molecule has 0 saturated heterocycles. The number of aromatic nitrogens is 2. The molecule has 1 aromatic heterocycles. The molecule has 1 aromatic rings. The number of hydrogen-bond donors (Lipinski definition) is 0. The van der Waals surface area contributed by atoms with Crippen LogP contribution in [0.4, 0.5) is 0 Å². The van der Waals surface area contributed by atoms with Gasteiger partial charge in [-0.2, -0.15) is 0 Å². The van der Waals surface area contributed by atoms with Gasteiger partial charge in [-0.05, 0) is 6.92 Å². The molecule has 1 aliphatic heterocycles. The number of aryl methyl sites for hydroxylation is 1. The van der Waals surface area contributed by atoms with Gasteiger partial charge in [-0.3, -0.25) is 4.79 Å². The number of carbonyl (C=O) groups is 2. The molecule has 0 atom stereocenters. The molecule has 2 rings (SSSR count). The molecule has 0 radical (unpaired) electrons. The van der Waals surface area contributed by atoms with Crippen molar-refractivity contribution in [3.05, 3.63) is 17.7 Å². The van der Waals surface area contributed by atoms with E-state index in [9.17, 15) is 9.59 Å². The van der Waals surface area contributed by atoms with Crippen molar-refractivity contribution in [3.63, 3.8) is 0 Å². The molecule has 0 fully saturated rings. The first kappa shape index (κ1) is 11.8. The summed E-state index contributed by atoms with van der Waals surface area (Å²) in [5, 5.41) is 0. The van der Waals surface area contributed by atoms with Crippen LogP contribution in [0.3, 0.4) is 0 Å². The van der Waals surface area contributed by atoms with E-state index in [2.05, 4.69) is 4.98 Å². The van der Waals surface area contributed by atoms with Crippen LogP contribution in [0.15, 0.2) is 6.33 Å². The molecule has 5 heteroatoms. The maximum absolute atomic E-state index is 11.9. The predicted molar refractivity (Wildman–Crippen MR) is 62.2 cm³/mol. The Hall–Kier alpha value is -1.65. The Labute approximate surface area is 100 Å². The van der Waals surface area contributed by atoms with E-state index in [0.717, 1.165) is 17.8 Å². The van der Waals surface area contributed by atoms with Gasteiger partial charge in [-0.1, -0.05) is 0 Å². The van der Waals surface area contributed by atoms with Gasteiger partial charge in [0.2, 0.25) is 5.91 Å². The Morgan fingerprint density at radius 3 is 2.88 bits per heavy atom. The van der Waals surface area contributed by atoms with Crippen molar-refractivity contribution in [2.24, 2.45) is 7.05 Å². The number of nitrogens with zero attached hydrogens (tertiary/aromatic N) is 3. The summed E-state index contributed by atoms with van der Waals surface area (Å²) < 4.78 is 1.96. The molecule has 0 unspecified atom stereocenters. The summed E-state index contributed by atoms with van der Waals surface area (Å²) in [5.74, 6) is 0.128. The van der Waals surface area contributed by atoms with Gasteiger partial charge in [0.1, 0.15) is 5.78 Å². The van der Waals surface area contributed by atoms with Crippen molar-refractivity contribution in [3.8, 4) is 0 Å². The Balaban J connectivity index is 1.99. The van der Waals surface area contributed by atoms with Gasteiger partial charge in [0, 0.05) is 32.9 Å². The first-order valence-corrected chi connectivity index (χ1v) is 5.84. The van der Waals surface area contributed by atoms with Crippen molar-refractivity contribution in [1.82, 2.24) is 14.5 Å². The molecule has 0 aromatic carbocycles. The van der Waals surface area contributed by atoms with Gasteiger partial charge >= 0.3 is 0 Å². The fraction of sp³-hybridized carbons (Fsp3) is 0.583. The van der Waals surface area contributed by atoms with E-state index >= 15 is 0 Å². The monoisotopic (exact) mass is 235 g/mol. The summed E-state index contributed by atoms with van der Waals surface area (Å²) in [4.78, 5) is 28.9. The first-order chi connectivity index (χ1) is 8.08. The van der Waals surface area contributed by atoms with Gasteiger partial charge in [-0.15, -0.1) is 0 Å². The number of fused-ring (bicyclic) bond motifs is 1. The SMILES string of the molecule is CC(=O)CCC(=O)N1CCc2ncn(C)c2C1. The highest BCUT2D eigenvalue weighted by Gasteiger charge is 2.23. The van der Waals surface area contributed by atoms with Crippen LogP contribution in [0.2, 0.25) is 0 Å². The van der Waals surface area contributed by atoms with Crippen molar-refractivity contribution in [2.75, 3.05) is 6.54 Å². The van der Waals surface area contributed by atoms with E-state index in [0.29, 0.717) is 25.9 Å².